The van der Waals surface area contributed by atoms with Crippen molar-refractivity contribution in [1.82, 2.24) is 0 Å². The summed E-state index contributed by atoms with van der Waals surface area (Å²) in [4.78, 5) is 39.7. The minimum Gasteiger partial charge on any atom is -0.808 e. The van der Waals surface area contributed by atoms with E-state index in [-0.39, 0.29) is 0 Å². The number of aromatic nitrogens is 4. The summed E-state index contributed by atoms with van der Waals surface area (Å²) in [6, 6.07) is 26.7. The van der Waals surface area contributed by atoms with Crippen LogP contribution in [0.15, 0.2) is 122 Å². The van der Waals surface area contributed by atoms with Crippen molar-refractivity contribution in [2.45, 2.75) is 83.4 Å². The van der Waals surface area contributed by atoms with Gasteiger partial charge in [-0.15, -0.1) is 0 Å². The van der Waals surface area contributed by atoms with Crippen LogP contribution >= 0.6 is 38.4 Å². The Morgan fingerprint density at radius 1 is 0.404 bits per heavy atom. The quantitative estimate of drug-likeness (QED) is 0.166. The summed E-state index contributed by atoms with van der Waals surface area (Å²) in [5.41, 5.74) is 0. The summed E-state index contributed by atoms with van der Waals surface area (Å²) in [7, 11) is -11.7. The first-order valence-electron chi connectivity index (χ1n) is 15.0. The van der Waals surface area contributed by atoms with Gasteiger partial charge in [-0.2, -0.15) is 0 Å². The number of hydrogen-bond acceptors (Lipinski definition) is 6. The molecule has 260 valence electrons. The topological polar surface area (TPSA) is 142 Å². The molecule has 0 bridgehead atoms. The predicted molar refractivity (Wildman–Crippen MR) is 178 cm³/mol. The van der Waals surface area contributed by atoms with Crippen LogP contribution in [0.1, 0.15) is 79.6 Å². The van der Waals surface area contributed by atoms with E-state index >= 15 is 0 Å². The molecule has 4 heterocycles. The lowest BCUT2D eigenvalue weighted by Gasteiger charge is -2.51. The first-order chi connectivity index (χ1) is 21.7. The Bertz CT molecular complexity index is 1260. The van der Waals surface area contributed by atoms with E-state index in [1.807, 2.05) is 72.8 Å². The summed E-state index contributed by atoms with van der Waals surface area (Å²) >= 11 is 8.96. The van der Waals surface area contributed by atoms with E-state index in [1.165, 1.54) is 0 Å². The molecule has 0 fully saturated rings. The van der Waals surface area contributed by atoms with Gasteiger partial charge in [0.25, 0.3) is 0 Å². The van der Waals surface area contributed by atoms with Crippen molar-refractivity contribution in [3.8, 4) is 0 Å². The summed E-state index contributed by atoms with van der Waals surface area (Å²) in [5, 5.41) is 0. The number of pyridine rings is 4. The smallest absolute Gasteiger partial charge is 0.169 e. The van der Waals surface area contributed by atoms with Crippen molar-refractivity contribution >= 4 is 38.4 Å². The Hall–Kier alpha value is -2.52. The van der Waals surface area contributed by atoms with Crippen LogP contribution in [0.4, 0.5) is 0 Å². The van der Waals surface area contributed by atoms with Gasteiger partial charge >= 0.3 is 0 Å². The number of hydrogen-bond donors (Lipinski definition) is 0. The van der Waals surface area contributed by atoms with E-state index in [0.717, 1.165) is 0 Å². The normalized spacial score (nSPS) is 11.3. The molecule has 0 aliphatic heterocycles. The fourth-order valence-electron chi connectivity index (χ4n) is 3.17. The molecule has 10 nitrogen and oxygen atoms in total. The molecular weight excluding hydrogens is 681 g/mol. The van der Waals surface area contributed by atoms with Crippen LogP contribution in [-0.4, -0.2) is 3.82 Å². The highest BCUT2D eigenvalue weighted by molar-refractivity contribution is 7.76. The zero-order chi connectivity index (χ0) is 36.3. The van der Waals surface area contributed by atoms with E-state index in [9.17, 15) is 28.7 Å². The maximum Gasteiger partial charge on any atom is 0.169 e. The second-order valence-corrected chi connectivity index (χ2v) is 17.2. The van der Waals surface area contributed by atoms with Crippen LogP contribution in [0.2, 0.25) is 0 Å². The molecule has 0 aliphatic rings. The zero-order valence-corrected chi connectivity index (χ0v) is 31.5. The van der Waals surface area contributed by atoms with E-state index in [4.69, 9.17) is 0 Å². The molecule has 47 heavy (non-hydrogen) atoms. The van der Waals surface area contributed by atoms with Crippen molar-refractivity contribution in [1.29, 1.82) is 0 Å². The zero-order valence-electron chi connectivity index (χ0n) is 28.2. The molecule has 14 heteroatoms. The number of rotatable bonds is 6. The van der Waals surface area contributed by atoms with Crippen molar-refractivity contribution in [2.24, 2.45) is 0 Å². The first kappa shape index (κ1) is 44.5. The summed E-state index contributed by atoms with van der Waals surface area (Å²) < 4.78 is 24.7. The highest BCUT2D eigenvalue weighted by atomic mass is 35.5. The molecule has 0 atom stereocenters. The van der Waals surface area contributed by atoms with E-state index in [2.05, 4.69) is 146 Å². The number of alkyl halides is 2. The first-order valence-corrected chi connectivity index (χ1v) is 18.8. The van der Waals surface area contributed by atoms with Crippen LogP contribution in [0, 0.1) is 0 Å². The van der Waals surface area contributed by atoms with Crippen molar-refractivity contribution < 1.29 is 47.0 Å². The van der Waals surface area contributed by atoms with Crippen molar-refractivity contribution in [3.05, 3.63) is 122 Å². The minimum atomic E-state index is -5.85. The van der Waals surface area contributed by atoms with Gasteiger partial charge in [0.1, 0.15) is 0 Å². The third kappa shape index (κ3) is 18.6. The maximum atomic E-state index is 9.94. The van der Waals surface area contributed by atoms with Crippen LogP contribution < -0.4 is 37.8 Å². The molecule has 4 aromatic heterocycles. The summed E-state index contributed by atoms with van der Waals surface area (Å²) in [6.07, 6.45) is 16.6. The average Bonchev–Trinajstić information content (AvgIpc) is 3.03. The molecule has 4 rings (SSSR count). The fourth-order valence-corrected chi connectivity index (χ4v) is 4.37. The largest absolute Gasteiger partial charge is 0.808 e. The van der Waals surface area contributed by atoms with Gasteiger partial charge < -0.3 is 28.7 Å². The maximum absolute atomic E-state index is 9.94. The third-order valence-corrected chi connectivity index (χ3v) is 11.3. The molecular formula is C33H48Cl2N4O6P2. The Labute approximate surface area is 290 Å². The van der Waals surface area contributed by atoms with Gasteiger partial charge in [-0.3, -0.25) is 0 Å². The minimum absolute atomic E-state index is 0.575. The highest BCUT2D eigenvalue weighted by Crippen LogP contribution is 2.66. The molecule has 0 saturated carbocycles. The lowest BCUT2D eigenvalue weighted by atomic mass is 10.3. The Balaban J connectivity index is 0.000000564. The van der Waals surface area contributed by atoms with E-state index < -0.39 is 19.0 Å². The lowest BCUT2D eigenvalue weighted by Crippen LogP contribution is -2.37. The number of halogens is 2. The third-order valence-electron chi connectivity index (χ3n) is 6.00. The van der Waals surface area contributed by atoms with Gasteiger partial charge in [-0.25, -0.2) is 18.3 Å². The molecule has 0 unspecified atom stereocenters. The van der Waals surface area contributed by atoms with Crippen molar-refractivity contribution in [3.63, 3.8) is 0 Å². The van der Waals surface area contributed by atoms with Gasteiger partial charge in [0, 0.05) is 48.5 Å². The monoisotopic (exact) mass is 728 g/mol. The molecule has 0 N–H and O–H groups in total. The highest BCUT2D eigenvalue weighted by Gasteiger charge is 2.32. The van der Waals surface area contributed by atoms with Gasteiger partial charge in [-0.05, 0) is 70.6 Å². The fraction of sp³-hybridized carbons (Fsp3) is 0.394. The van der Waals surface area contributed by atoms with Crippen molar-refractivity contribution in [2.75, 3.05) is 0 Å². The van der Waals surface area contributed by atoms with Crippen LogP contribution in [0.3, 0.4) is 0 Å². The number of nitrogens with zero attached hydrogens (tertiary/aromatic N) is 4. The Morgan fingerprint density at radius 2 is 0.553 bits per heavy atom. The van der Waals surface area contributed by atoms with Gasteiger partial charge in [0.15, 0.2) is 77.6 Å². The molecule has 0 radical (unpaired) electrons. The summed E-state index contributed by atoms with van der Waals surface area (Å²) in [6.45, 7) is 17.3. The van der Waals surface area contributed by atoms with Crippen LogP contribution in [0.5, 0.6) is 0 Å². The lowest BCUT2D eigenvalue weighted by molar-refractivity contribution is -0.716. The second-order valence-electron chi connectivity index (χ2n) is 11.2. The SMILES string of the molecule is CC(C)[n+]1ccccc1.CC(C)[n+]1ccccc1.CC(C)[n+]1ccccc1.CC(C)[n+]1ccccc1.O=P([O-])([O-])C(Cl)(Cl)P(=O)([O-])[O-]. The van der Waals surface area contributed by atoms with Crippen LogP contribution in [-0.2, 0) is 9.13 Å². The van der Waals surface area contributed by atoms with Gasteiger partial charge in [-0.1, -0.05) is 47.5 Å². The molecule has 0 amide bonds. The molecule has 0 saturated heterocycles. The van der Waals surface area contributed by atoms with E-state index in [0.29, 0.717) is 24.2 Å². The van der Waals surface area contributed by atoms with Gasteiger partial charge in [0.2, 0.25) is 0 Å². The molecule has 0 aliphatic carbocycles. The Morgan fingerprint density at radius 3 is 0.617 bits per heavy atom. The Kier molecular flexibility index (Phi) is 21.0. The standard InChI is InChI=1S/4C8H12N.CH4Cl2O6P2/c4*1-8(2)9-6-4-3-5-7-9;2-1(3,10(4,5)6)11(7,8)9/h4*3-8H,1-2H3;(H2,4,5,6)(H2,7,8,9)/q4*+1;/p-4. The molecule has 0 spiro atoms. The molecule has 4 aromatic rings. The van der Waals surface area contributed by atoms with Crippen LogP contribution in [0.25, 0.3) is 0 Å². The van der Waals surface area contributed by atoms with Gasteiger partial charge in [0.05, 0.1) is 0 Å². The van der Waals surface area contributed by atoms with E-state index in [1.54, 1.807) is 0 Å². The second kappa shape index (κ2) is 22.2. The predicted octanol–water partition coefficient (Wildman–Crippen LogP) is 4.12. The average molecular weight is 730 g/mol. The summed E-state index contributed by atoms with van der Waals surface area (Å²) in [5.74, 6) is 0. The molecule has 0 aromatic carbocycles.